The fourth-order valence-corrected chi connectivity index (χ4v) is 18.5. The molecule has 0 aromatic heterocycles. The van der Waals surface area contributed by atoms with Crippen LogP contribution in [-0.2, 0) is 24.8 Å². The number of sulfonamides is 2. The molecule has 0 bridgehead atoms. The van der Waals surface area contributed by atoms with Crippen molar-refractivity contribution in [2.24, 2.45) is 0 Å². The van der Waals surface area contributed by atoms with Gasteiger partial charge in [-0.1, -0.05) is 0 Å². The second-order valence-corrected chi connectivity index (χ2v) is 18.0. The van der Waals surface area contributed by atoms with Crippen molar-refractivity contribution in [3.8, 4) is 0 Å². The van der Waals surface area contributed by atoms with Gasteiger partial charge in [-0.05, 0) is 0 Å². The molecule has 0 fully saturated rings. The first kappa shape index (κ1) is 31.8. The SMILES string of the molecule is CCCCP(CCCC)(CCCC)(COCC)N(S(=O)(=O)C(F)(F)F)S(=O)(=O)C(F)(F)F. The summed E-state index contributed by atoms with van der Waals surface area (Å²) in [6.07, 6.45) is -0.920. The molecule has 6 nitrogen and oxygen atoms in total. The summed E-state index contributed by atoms with van der Waals surface area (Å²) in [4.78, 5) is 0. The fraction of sp³-hybridized carbons (Fsp3) is 1.00. The van der Waals surface area contributed by atoms with Crippen LogP contribution in [0.1, 0.15) is 66.2 Å². The molecule has 0 rings (SSSR count). The average Bonchev–Trinajstić information content (AvgIpc) is 2.66. The van der Waals surface area contributed by atoms with Crippen LogP contribution in [0.5, 0.6) is 0 Å². The number of alkyl halides is 6. The topological polar surface area (TPSA) is 80.8 Å². The molecule has 0 aliphatic heterocycles. The van der Waals surface area contributed by atoms with Crippen LogP contribution in [0.4, 0.5) is 26.3 Å². The molecule has 0 unspecified atom stereocenters. The molecule has 0 aliphatic carbocycles. The van der Waals surface area contributed by atoms with Crippen molar-refractivity contribution in [1.29, 1.82) is 0 Å². The molecular formula is C17H34F6NO5PS2. The van der Waals surface area contributed by atoms with Gasteiger partial charge >= 0.3 is 187 Å². The van der Waals surface area contributed by atoms with E-state index in [9.17, 15) is 43.2 Å². The van der Waals surface area contributed by atoms with Crippen LogP contribution in [0.3, 0.4) is 0 Å². The zero-order valence-corrected chi connectivity index (χ0v) is 21.3. The fourth-order valence-electron chi connectivity index (χ4n) is 3.75. The van der Waals surface area contributed by atoms with E-state index in [-0.39, 0.29) is 25.9 Å². The van der Waals surface area contributed by atoms with Gasteiger partial charge in [0.05, 0.1) is 0 Å². The number of nitrogens with zero attached hydrogens (tertiary/aromatic N) is 1. The van der Waals surface area contributed by atoms with Crippen molar-refractivity contribution in [3.05, 3.63) is 0 Å². The van der Waals surface area contributed by atoms with E-state index < -0.39 is 66.1 Å². The monoisotopic (exact) mass is 541 g/mol. The van der Waals surface area contributed by atoms with Gasteiger partial charge in [-0.2, -0.15) is 0 Å². The molecule has 0 saturated carbocycles. The number of hydrogen-bond acceptors (Lipinski definition) is 5. The number of halogens is 6. The Balaban J connectivity index is 7.79. The average molecular weight is 542 g/mol. The summed E-state index contributed by atoms with van der Waals surface area (Å²) >= 11 is 0. The van der Waals surface area contributed by atoms with Gasteiger partial charge in [0.15, 0.2) is 0 Å². The van der Waals surface area contributed by atoms with Gasteiger partial charge in [0.2, 0.25) is 0 Å². The van der Waals surface area contributed by atoms with E-state index in [1.807, 2.05) is 0 Å². The van der Waals surface area contributed by atoms with Crippen molar-refractivity contribution in [2.75, 3.05) is 31.4 Å². The van der Waals surface area contributed by atoms with Crippen molar-refractivity contribution in [2.45, 2.75) is 77.2 Å². The first-order valence-electron chi connectivity index (χ1n) is 10.4. The molecule has 0 radical (unpaired) electrons. The third-order valence-electron chi connectivity index (χ3n) is 5.34. The molecule has 0 spiro atoms. The Hall–Kier alpha value is -0.170. The molecule has 0 atom stereocenters. The standard InChI is InChI=1S/C17H34F6NO5PS2/c1-5-9-12-30(13-10-6-2,14-11-7-3,15-29-8-4)24(31(25,26)16(18,19)20)32(27,28)17(21,22)23/h5-15H2,1-4H3. The maximum atomic E-state index is 13.7. The van der Waals surface area contributed by atoms with Crippen LogP contribution in [0.25, 0.3) is 0 Å². The van der Waals surface area contributed by atoms with Crippen LogP contribution in [0, 0.1) is 0 Å². The summed E-state index contributed by atoms with van der Waals surface area (Å²) in [6, 6.07) is 0. The quantitative estimate of drug-likeness (QED) is 0.192. The second kappa shape index (κ2) is 11.5. The summed E-state index contributed by atoms with van der Waals surface area (Å²) < 4.78 is 137. The zero-order chi connectivity index (χ0) is 25.5. The normalized spacial score (nSPS) is 15.7. The second-order valence-electron chi connectivity index (χ2n) is 7.84. The number of ether oxygens (including phenoxy) is 1. The Bertz CT molecular complexity index is 712. The van der Waals surface area contributed by atoms with Gasteiger partial charge in [0, 0.05) is 0 Å². The Labute approximate surface area is 187 Å². The van der Waals surface area contributed by atoms with E-state index in [0.717, 1.165) is 0 Å². The van der Waals surface area contributed by atoms with Gasteiger partial charge in [-0.15, -0.1) is 0 Å². The van der Waals surface area contributed by atoms with Gasteiger partial charge in [0.25, 0.3) is 0 Å². The van der Waals surface area contributed by atoms with Gasteiger partial charge < -0.3 is 0 Å². The van der Waals surface area contributed by atoms with Crippen LogP contribution in [-0.4, -0.2) is 62.8 Å². The molecule has 0 N–H and O–H groups in total. The maximum absolute atomic E-state index is 13.7. The Kier molecular flexibility index (Phi) is 11.4. The van der Waals surface area contributed by atoms with Gasteiger partial charge in [0.1, 0.15) is 0 Å². The summed E-state index contributed by atoms with van der Waals surface area (Å²) in [5, 5.41) is 0. The van der Waals surface area contributed by atoms with Crippen LogP contribution < -0.4 is 0 Å². The van der Waals surface area contributed by atoms with Crippen molar-refractivity contribution in [3.63, 3.8) is 0 Å². The Morgan fingerprint density at radius 3 is 1.22 bits per heavy atom. The molecule has 0 aromatic carbocycles. The molecule has 0 heterocycles. The van der Waals surface area contributed by atoms with Crippen molar-refractivity contribution < 1.29 is 47.9 Å². The number of unbranched alkanes of at least 4 members (excludes halogenated alkanes) is 3. The van der Waals surface area contributed by atoms with E-state index in [0.29, 0.717) is 19.3 Å². The van der Waals surface area contributed by atoms with Crippen molar-refractivity contribution >= 4 is 26.8 Å². The van der Waals surface area contributed by atoms with E-state index in [2.05, 4.69) is 0 Å². The number of hydrogen-bond donors (Lipinski definition) is 0. The zero-order valence-electron chi connectivity index (χ0n) is 18.8. The molecule has 15 heteroatoms. The van der Waals surface area contributed by atoms with E-state index in [1.54, 1.807) is 20.8 Å². The van der Waals surface area contributed by atoms with Gasteiger partial charge in [-0.25, -0.2) is 0 Å². The third kappa shape index (κ3) is 6.49. The first-order valence-corrected chi connectivity index (χ1v) is 16.3. The summed E-state index contributed by atoms with van der Waals surface area (Å²) in [5.41, 5.74) is -12.5. The summed E-state index contributed by atoms with van der Waals surface area (Å²) in [6.45, 7) is 1.14. The predicted molar refractivity (Wildman–Crippen MR) is 115 cm³/mol. The third-order valence-corrected chi connectivity index (χ3v) is 18.7. The molecular weight excluding hydrogens is 507 g/mol. The molecule has 32 heavy (non-hydrogen) atoms. The van der Waals surface area contributed by atoms with E-state index in [1.165, 1.54) is 6.92 Å². The Morgan fingerprint density at radius 2 is 1.00 bits per heavy atom. The molecule has 196 valence electrons. The molecule has 0 aliphatic rings. The predicted octanol–water partition coefficient (Wildman–Crippen LogP) is 5.85. The van der Waals surface area contributed by atoms with Crippen LogP contribution in [0.15, 0.2) is 0 Å². The van der Waals surface area contributed by atoms with E-state index >= 15 is 0 Å². The van der Waals surface area contributed by atoms with Crippen LogP contribution in [0.2, 0.25) is 0 Å². The summed E-state index contributed by atoms with van der Waals surface area (Å²) in [5.74, 6) is 0. The molecule has 0 saturated heterocycles. The minimum atomic E-state index is -6.91. The first-order chi connectivity index (χ1) is 14.4. The van der Waals surface area contributed by atoms with Crippen molar-refractivity contribution in [1.82, 2.24) is 3.48 Å². The molecule has 0 aromatic rings. The summed E-state index contributed by atoms with van der Waals surface area (Å²) in [7, 11) is -13.8. The molecule has 0 amide bonds. The van der Waals surface area contributed by atoms with Crippen LogP contribution >= 0.6 is 6.75 Å². The minimum absolute atomic E-state index is 0.0512. The van der Waals surface area contributed by atoms with E-state index in [4.69, 9.17) is 4.74 Å². The number of rotatable bonds is 15. The van der Waals surface area contributed by atoms with Gasteiger partial charge in [-0.3, -0.25) is 0 Å². The Morgan fingerprint density at radius 1 is 0.688 bits per heavy atom.